The van der Waals surface area contributed by atoms with Gasteiger partial charge in [0, 0.05) is 16.2 Å². The van der Waals surface area contributed by atoms with Crippen LogP contribution in [0.25, 0.3) is 10.9 Å². The van der Waals surface area contributed by atoms with E-state index >= 15 is 0 Å². The first-order valence-corrected chi connectivity index (χ1v) is 6.68. The number of benzene rings is 1. The summed E-state index contributed by atoms with van der Waals surface area (Å²) in [7, 11) is 0. The molecule has 7 heteroatoms. The summed E-state index contributed by atoms with van der Waals surface area (Å²) in [6, 6.07) is 6.29. The molecule has 1 aromatic heterocycles. The number of nitrogens with one attached hydrogen (secondary N) is 1. The van der Waals surface area contributed by atoms with Crippen molar-refractivity contribution in [3.8, 4) is 0 Å². The molecule has 2 rings (SSSR count). The molecule has 0 aliphatic rings. The van der Waals surface area contributed by atoms with Crippen molar-refractivity contribution >= 4 is 38.7 Å². The summed E-state index contributed by atoms with van der Waals surface area (Å²) in [4.78, 5) is 22.5. The van der Waals surface area contributed by atoms with Crippen molar-refractivity contribution in [2.24, 2.45) is 0 Å². The molecular formula is C13H13BrN2O4. The number of amides is 1. The Labute approximate surface area is 123 Å². The van der Waals surface area contributed by atoms with Gasteiger partial charge in [-0.15, -0.1) is 0 Å². The van der Waals surface area contributed by atoms with Crippen LogP contribution in [0.4, 0.5) is 0 Å². The van der Waals surface area contributed by atoms with E-state index < -0.39 is 24.5 Å². The SMILES string of the molecule is O=C(Cn1ccc2ccc(Br)cc21)N[C@@H](CO)C(=O)O. The highest BCUT2D eigenvalue weighted by molar-refractivity contribution is 9.10. The summed E-state index contributed by atoms with van der Waals surface area (Å²) in [6.07, 6.45) is 1.76. The molecule has 1 aromatic carbocycles. The third-order valence-corrected chi connectivity index (χ3v) is 3.36. The van der Waals surface area contributed by atoms with Gasteiger partial charge in [-0.1, -0.05) is 22.0 Å². The Morgan fingerprint density at radius 2 is 2.10 bits per heavy atom. The largest absolute Gasteiger partial charge is 0.480 e. The number of hydrogen-bond donors (Lipinski definition) is 3. The summed E-state index contributed by atoms with van der Waals surface area (Å²) in [5.41, 5.74) is 0.866. The van der Waals surface area contributed by atoms with E-state index in [4.69, 9.17) is 10.2 Å². The maximum absolute atomic E-state index is 11.8. The van der Waals surface area contributed by atoms with Crippen LogP contribution in [-0.2, 0) is 16.1 Å². The molecule has 106 valence electrons. The van der Waals surface area contributed by atoms with Gasteiger partial charge in [0.1, 0.15) is 12.6 Å². The number of aromatic nitrogens is 1. The first-order chi connectivity index (χ1) is 9.51. The quantitative estimate of drug-likeness (QED) is 0.756. The Morgan fingerprint density at radius 3 is 2.75 bits per heavy atom. The van der Waals surface area contributed by atoms with Crippen molar-refractivity contribution < 1.29 is 19.8 Å². The van der Waals surface area contributed by atoms with Crippen LogP contribution in [0.2, 0.25) is 0 Å². The molecule has 1 amide bonds. The van der Waals surface area contributed by atoms with E-state index in [1.807, 2.05) is 24.3 Å². The van der Waals surface area contributed by atoms with Crippen LogP contribution < -0.4 is 5.32 Å². The van der Waals surface area contributed by atoms with Gasteiger partial charge in [-0.25, -0.2) is 4.79 Å². The number of aliphatic carboxylic acids is 1. The third kappa shape index (κ3) is 3.17. The van der Waals surface area contributed by atoms with Gasteiger partial charge in [0.2, 0.25) is 5.91 Å². The molecule has 3 N–H and O–H groups in total. The van der Waals surface area contributed by atoms with Gasteiger partial charge in [0.25, 0.3) is 0 Å². The second-order valence-electron chi connectivity index (χ2n) is 4.29. The minimum absolute atomic E-state index is 0.0102. The van der Waals surface area contributed by atoms with Gasteiger partial charge < -0.3 is 20.1 Å². The summed E-state index contributed by atoms with van der Waals surface area (Å²) in [6.45, 7) is -0.650. The molecule has 0 bridgehead atoms. The Hall–Kier alpha value is -1.86. The summed E-state index contributed by atoms with van der Waals surface area (Å²) >= 11 is 3.36. The molecule has 1 atom stereocenters. The lowest BCUT2D eigenvalue weighted by atomic mass is 10.2. The number of aliphatic hydroxyl groups excluding tert-OH is 1. The molecule has 0 radical (unpaired) electrons. The second kappa shape index (κ2) is 6.06. The molecule has 0 saturated carbocycles. The Kier molecular flexibility index (Phi) is 4.41. The number of hydrogen-bond acceptors (Lipinski definition) is 3. The molecule has 0 saturated heterocycles. The summed E-state index contributed by atoms with van der Waals surface area (Å²) in [5.74, 6) is -1.73. The van der Waals surface area contributed by atoms with E-state index in [0.717, 1.165) is 15.4 Å². The first-order valence-electron chi connectivity index (χ1n) is 5.88. The van der Waals surface area contributed by atoms with E-state index in [0.29, 0.717) is 0 Å². The molecule has 6 nitrogen and oxygen atoms in total. The molecule has 0 aliphatic carbocycles. The minimum Gasteiger partial charge on any atom is -0.480 e. The van der Waals surface area contributed by atoms with Crippen LogP contribution in [0.3, 0.4) is 0 Å². The first kappa shape index (κ1) is 14.5. The topological polar surface area (TPSA) is 91.6 Å². The predicted octanol–water partition coefficient (Wildman–Crippen LogP) is 0.965. The zero-order chi connectivity index (χ0) is 14.7. The van der Waals surface area contributed by atoms with Crippen LogP contribution in [0, 0.1) is 0 Å². The number of rotatable bonds is 5. The molecular weight excluding hydrogens is 328 g/mol. The van der Waals surface area contributed by atoms with Gasteiger partial charge in [-0.2, -0.15) is 0 Å². The molecule has 0 spiro atoms. The van der Waals surface area contributed by atoms with Gasteiger partial charge in [-0.05, 0) is 23.6 Å². The number of carboxylic acids is 1. The molecule has 2 aromatic rings. The van der Waals surface area contributed by atoms with Crippen molar-refractivity contribution in [3.63, 3.8) is 0 Å². The normalized spacial score (nSPS) is 12.3. The van der Waals surface area contributed by atoms with Crippen LogP contribution in [0.15, 0.2) is 34.9 Å². The third-order valence-electron chi connectivity index (χ3n) is 2.87. The number of aliphatic hydroxyl groups is 1. The van der Waals surface area contributed by atoms with E-state index in [1.54, 1.807) is 10.8 Å². The highest BCUT2D eigenvalue weighted by Crippen LogP contribution is 2.20. The fraction of sp³-hybridized carbons (Fsp3) is 0.231. The number of fused-ring (bicyclic) bond motifs is 1. The van der Waals surface area contributed by atoms with E-state index in [-0.39, 0.29) is 6.54 Å². The minimum atomic E-state index is -1.28. The Bertz CT molecular complexity index is 653. The van der Waals surface area contributed by atoms with E-state index in [2.05, 4.69) is 21.2 Å². The highest BCUT2D eigenvalue weighted by atomic mass is 79.9. The van der Waals surface area contributed by atoms with Crippen molar-refractivity contribution in [1.82, 2.24) is 9.88 Å². The van der Waals surface area contributed by atoms with Crippen LogP contribution in [0.1, 0.15) is 0 Å². The van der Waals surface area contributed by atoms with Crippen molar-refractivity contribution in [1.29, 1.82) is 0 Å². The van der Waals surface area contributed by atoms with E-state index in [9.17, 15) is 9.59 Å². The molecule has 0 fully saturated rings. The maximum atomic E-state index is 11.8. The fourth-order valence-electron chi connectivity index (χ4n) is 1.88. The summed E-state index contributed by atoms with van der Waals surface area (Å²) < 4.78 is 2.61. The second-order valence-corrected chi connectivity index (χ2v) is 5.20. The van der Waals surface area contributed by atoms with Gasteiger partial charge >= 0.3 is 5.97 Å². The number of halogens is 1. The number of nitrogens with zero attached hydrogens (tertiary/aromatic N) is 1. The van der Waals surface area contributed by atoms with Crippen molar-refractivity contribution in [2.75, 3.05) is 6.61 Å². The smallest absolute Gasteiger partial charge is 0.328 e. The van der Waals surface area contributed by atoms with Crippen LogP contribution in [-0.4, -0.2) is 39.3 Å². The van der Waals surface area contributed by atoms with E-state index in [1.165, 1.54) is 0 Å². The van der Waals surface area contributed by atoms with Gasteiger partial charge in [0.05, 0.1) is 6.61 Å². The van der Waals surface area contributed by atoms with Crippen LogP contribution in [0.5, 0.6) is 0 Å². The zero-order valence-corrected chi connectivity index (χ0v) is 12.0. The summed E-state index contributed by atoms with van der Waals surface area (Å²) in [5, 5.41) is 20.9. The molecule has 20 heavy (non-hydrogen) atoms. The fourth-order valence-corrected chi connectivity index (χ4v) is 2.22. The van der Waals surface area contributed by atoms with Crippen molar-refractivity contribution in [3.05, 3.63) is 34.9 Å². The lowest BCUT2D eigenvalue weighted by Gasteiger charge is -2.12. The predicted molar refractivity (Wildman–Crippen MR) is 76.3 cm³/mol. The number of carboxylic acid groups (broad SMARTS) is 1. The van der Waals surface area contributed by atoms with Crippen LogP contribution >= 0.6 is 15.9 Å². The lowest BCUT2D eigenvalue weighted by molar-refractivity contribution is -0.143. The van der Waals surface area contributed by atoms with Gasteiger partial charge in [-0.3, -0.25) is 4.79 Å². The average Bonchev–Trinajstić information content (AvgIpc) is 2.78. The molecule has 1 heterocycles. The average molecular weight is 341 g/mol. The maximum Gasteiger partial charge on any atom is 0.328 e. The zero-order valence-electron chi connectivity index (χ0n) is 10.4. The van der Waals surface area contributed by atoms with Crippen molar-refractivity contribution in [2.45, 2.75) is 12.6 Å². The number of carbonyl (C=O) groups is 2. The molecule has 0 aliphatic heterocycles. The lowest BCUT2D eigenvalue weighted by Crippen LogP contribution is -2.44. The monoisotopic (exact) mass is 340 g/mol. The number of carbonyl (C=O) groups excluding carboxylic acids is 1. The molecule has 0 unspecified atom stereocenters. The van der Waals surface area contributed by atoms with Gasteiger partial charge in [0.15, 0.2) is 0 Å². The highest BCUT2D eigenvalue weighted by Gasteiger charge is 2.18. The Morgan fingerprint density at radius 1 is 1.35 bits per heavy atom. The Balaban J connectivity index is 2.14. The standard InChI is InChI=1S/C13H13BrN2O4/c14-9-2-1-8-3-4-16(11(8)5-9)6-12(18)15-10(7-17)13(19)20/h1-5,10,17H,6-7H2,(H,15,18)(H,19,20)/t10-/m0/s1.